The number of imidazole rings is 1. The Morgan fingerprint density at radius 3 is 2.84 bits per heavy atom. The third-order valence-corrected chi connectivity index (χ3v) is 4.12. The second-order valence-electron chi connectivity index (χ2n) is 6.08. The number of rotatable bonds is 6. The lowest BCUT2D eigenvalue weighted by atomic mass is 10.1. The fourth-order valence-corrected chi connectivity index (χ4v) is 2.60. The molecule has 0 radical (unpaired) electrons. The minimum absolute atomic E-state index is 0.557. The van der Waals surface area contributed by atoms with E-state index in [-0.39, 0.29) is 0 Å². The minimum atomic E-state index is 0.557. The quantitative estimate of drug-likeness (QED) is 0.860. The Bertz CT molecular complexity index is 566. The van der Waals surface area contributed by atoms with Gasteiger partial charge in [0.15, 0.2) is 0 Å². The maximum Gasteiger partial charge on any atom is 0.123 e. The molecule has 1 saturated carbocycles. The van der Waals surface area contributed by atoms with Gasteiger partial charge in [-0.3, -0.25) is 0 Å². The van der Waals surface area contributed by atoms with E-state index < -0.39 is 0 Å². The Kier molecular flexibility index (Phi) is 3.31. The molecule has 0 saturated heterocycles. The highest BCUT2D eigenvalue weighted by molar-refractivity contribution is 5.75. The van der Waals surface area contributed by atoms with Gasteiger partial charge in [-0.1, -0.05) is 26.0 Å². The lowest BCUT2D eigenvalue weighted by molar-refractivity contribution is 0.485. The molecule has 3 heteroatoms. The number of para-hydroxylation sites is 2. The average molecular weight is 257 g/mol. The van der Waals surface area contributed by atoms with Gasteiger partial charge in [-0.2, -0.15) is 0 Å². The molecule has 1 N–H and O–H groups in total. The van der Waals surface area contributed by atoms with Crippen LogP contribution in [-0.4, -0.2) is 16.1 Å². The molecular formula is C16H23N3. The predicted octanol–water partition coefficient (Wildman–Crippen LogP) is 3.34. The molecule has 1 aromatic carbocycles. The van der Waals surface area contributed by atoms with Gasteiger partial charge in [0.1, 0.15) is 5.82 Å². The first-order chi connectivity index (χ1) is 9.22. The van der Waals surface area contributed by atoms with E-state index in [4.69, 9.17) is 4.98 Å². The van der Waals surface area contributed by atoms with E-state index >= 15 is 0 Å². The van der Waals surface area contributed by atoms with Crippen molar-refractivity contribution in [3.63, 3.8) is 0 Å². The van der Waals surface area contributed by atoms with Gasteiger partial charge in [0.05, 0.1) is 17.6 Å². The highest BCUT2D eigenvalue weighted by Gasteiger charge is 2.36. The van der Waals surface area contributed by atoms with Gasteiger partial charge < -0.3 is 9.88 Å². The molecular weight excluding hydrogens is 234 g/mol. The van der Waals surface area contributed by atoms with Gasteiger partial charge in [0.2, 0.25) is 0 Å². The van der Waals surface area contributed by atoms with Gasteiger partial charge in [0.25, 0.3) is 0 Å². The Morgan fingerprint density at radius 1 is 1.32 bits per heavy atom. The lowest BCUT2D eigenvalue weighted by Crippen LogP contribution is -2.23. The van der Waals surface area contributed by atoms with E-state index in [1.165, 1.54) is 24.2 Å². The van der Waals surface area contributed by atoms with Crippen LogP contribution in [0.5, 0.6) is 0 Å². The highest BCUT2D eigenvalue weighted by Crippen LogP contribution is 2.44. The van der Waals surface area contributed by atoms with Gasteiger partial charge >= 0.3 is 0 Å². The normalized spacial score (nSPS) is 16.9. The van der Waals surface area contributed by atoms with Crippen LogP contribution in [0.4, 0.5) is 0 Å². The number of nitrogens with zero attached hydrogens (tertiary/aromatic N) is 2. The number of fused-ring (bicyclic) bond motifs is 1. The fourth-order valence-electron chi connectivity index (χ4n) is 2.60. The molecule has 0 atom stereocenters. The molecule has 0 amide bonds. The zero-order chi connectivity index (χ0) is 13.3. The molecule has 2 aromatic rings. The molecule has 1 aliphatic rings. The van der Waals surface area contributed by atoms with Crippen LogP contribution in [-0.2, 0) is 13.1 Å². The number of aromatic nitrogens is 2. The van der Waals surface area contributed by atoms with Crippen LogP contribution in [0, 0.1) is 5.41 Å². The van der Waals surface area contributed by atoms with Gasteiger partial charge in [-0.25, -0.2) is 4.98 Å². The first-order valence-corrected chi connectivity index (χ1v) is 7.37. The smallest absolute Gasteiger partial charge is 0.123 e. The SMILES string of the molecule is CCCn1c(CNCC2(C)CC2)nc2ccccc21. The average Bonchev–Trinajstić information content (AvgIpc) is 3.04. The van der Waals surface area contributed by atoms with Crippen LogP contribution in [0.2, 0.25) is 0 Å². The van der Waals surface area contributed by atoms with Crippen molar-refractivity contribution >= 4 is 11.0 Å². The largest absolute Gasteiger partial charge is 0.327 e. The monoisotopic (exact) mass is 257 g/mol. The summed E-state index contributed by atoms with van der Waals surface area (Å²) in [4.78, 5) is 4.77. The number of nitrogens with one attached hydrogen (secondary N) is 1. The molecule has 0 bridgehead atoms. The molecule has 0 aliphatic heterocycles. The maximum atomic E-state index is 4.77. The van der Waals surface area contributed by atoms with Crippen LogP contribution in [0.3, 0.4) is 0 Å². The number of benzene rings is 1. The molecule has 1 fully saturated rings. The highest BCUT2D eigenvalue weighted by atomic mass is 15.1. The predicted molar refractivity (Wildman–Crippen MR) is 79.1 cm³/mol. The minimum Gasteiger partial charge on any atom is -0.327 e. The van der Waals surface area contributed by atoms with E-state index in [1.807, 2.05) is 0 Å². The summed E-state index contributed by atoms with van der Waals surface area (Å²) >= 11 is 0. The standard InChI is InChI=1S/C16H23N3/c1-3-10-19-14-7-5-4-6-13(14)18-15(19)11-17-12-16(2)8-9-16/h4-7,17H,3,8-12H2,1-2H3. The summed E-state index contributed by atoms with van der Waals surface area (Å²) in [6.45, 7) is 7.62. The van der Waals surface area contributed by atoms with E-state index in [9.17, 15) is 0 Å². The van der Waals surface area contributed by atoms with E-state index in [1.54, 1.807) is 0 Å². The first-order valence-electron chi connectivity index (χ1n) is 7.37. The molecule has 1 aromatic heterocycles. The Hall–Kier alpha value is -1.35. The number of hydrogen-bond acceptors (Lipinski definition) is 2. The number of aryl methyl sites for hydroxylation is 1. The van der Waals surface area contributed by atoms with Crippen LogP contribution in [0.25, 0.3) is 11.0 Å². The molecule has 3 nitrogen and oxygen atoms in total. The van der Waals surface area contributed by atoms with E-state index in [0.29, 0.717) is 5.41 Å². The van der Waals surface area contributed by atoms with Crippen molar-refractivity contribution in [2.45, 2.75) is 46.2 Å². The molecule has 3 rings (SSSR count). The van der Waals surface area contributed by atoms with Gasteiger partial charge in [0, 0.05) is 13.1 Å². The van der Waals surface area contributed by atoms with Crippen molar-refractivity contribution in [1.29, 1.82) is 0 Å². The van der Waals surface area contributed by atoms with Crippen molar-refractivity contribution < 1.29 is 0 Å². The Labute approximate surface area is 115 Å². The summed E-state index contributed by atoms with van der Waals surface area (Å²) in [6, 6.07) is 8.43. The molecule has 0 unspecified atom stereocenters. The summed E-state index contributed by atoms with van der Waals surface area (Å²) in [5.41, 5.74) is 2.94. The van der Waals surface area contributed by atoms with Crippen molar-refractivity contribution in [2.24, 2.45) is 5.41 Å². The van der Waals surface area contributed by atoms with Gasteiger partial charge in [-0.05, 0) is 36.8 Å². The Morgan fingerprint density at radius 2 is 2.11 bits per heavy atom. The fraction of sp³-hybridized carbons (Fsp3) is 0.562. The second kappa shape index (κ2) is 4.97. The zero-order valence-electron chi connectivity index (χ0n) is 11.9. The van der Waals surface area contributed by atoms with Crippen molar-refractivity contribution in [3.8, 4) is 0 Å². The topological polar surface area (TPSA) is 29.9 Å². The molecule has 1 heterocycles. The van der Waals surface area contributed by atoms with E-state index in [0.717, 1.165) is 31.6 Å². The summed E-state index contributed by atoms with van der Waals surface area (Å²) in [5, 5.41) is 3.58. The van der Waals surface area contributed by atoms with Crippen molar-refractivity contribution in [2.75, 3.05) is 6.54 Å². The molecule has 19 heavy (non-hydrogen) atoms. The maximum absolute atomic E-state index is 4.77. The third kappa shape index (κ3) is 2.66. The van der Waals surface area contributed by atoms with Crippen LogP contribution >= 0.6 is 0 Å². The molecule has 1 aliphatic carbocycles. The van der Waals surface area contributed by atoms with Gasteiger partial charge in [-0.15, -0.1) is 0 Å². The summed E-state index contributed by atoms with van der Waals surface area (Å²) < 4.78 is 2.36. The third-order valence-electron chi connectivity index (χ3n) is 4.12. The zero-order valence-corrected chi connectivity index (χ0v) is 11.9. The molecule has 102 valence electrons. The summed E-state index contributed by atoms with van der Waals surface area (Å²) in [5.74, 6) is 1.17. The van der Waals surface area contributed by atoms with Crippen molar-refractivity contribution in [3.05, 3.63) is 30.1 Å². The van der Waals surface area contributed by atoms with Crippen molar-refractivity contribution in [1.82, 2.24) is 14.9 Å². The van der Waals surface area contributed by atoms with E-state index in [2.05, 4.69) is 48.0 Å². The Balaban J connectivity index is 1.78. The van der Waals surface area contributed by atoms with Crippen LogP contribution in [0.15, 0.2) is 24.3 Å². The summed E-state index contributed by atoms with van der Waals surface area (Å²) in [6.07, 6.45) is 3.88. The molecule has 0 spiro atoms. The first kappa shape index (κ1) is 12.7. The van der Waals surface area contributed by atoms with Crippen LogP contribution < -0.4 is 5.32 Å². The lowest BCUT2D eigenvalue weighted by Gasteiger charge is -2.11. The van der Waals surface area contributed by atoms with Crippen LogP contribution in [0.1, 0.15) is 38.9 Å². The summed E-state index contributed by atoms with van der Waals surface area (Å²) in [7, 11) is 0. The second-order valence-corrected chi connectivity index (χ2v) is 6.08. The number of hydrogen-bond donors (Lipinski definition) is 1.